The average Bonchev–Trinajstić information content (AvgIpc) is 2.67. The minimum atomic E-state index is -1.04. The van der Waals surface area contributed by atoms with Gasteiger partial charge in [0.2, 0.25) is 0 Å². The summed E-state index contributed by atoms with van der Waals surface area (Å²) in [7, 11) is 0. The summed E-state index contributed by atoms with van der Waals surface area (Å²) < 4.78 is 5.08. The fourth-order valence-corrected chi connectivity index (χ4v) is 2.70. The second-order valence-electron chi connectivity index (χ2n) is 5.32. The van der Waals surface area contributed by atoms with E-state index in [-0.39, 0.29) is 11.4 Å². The van der Waals surface area contributed by atoms with Gasteiger partial charge in [0, 0.05) is 17.0 Å². The molecule has 1 N–H and O–H groups in total. The van der Waals surface area contributed by atoms with E-state index in [0.717, 1.165) is 11.8 Å². The molecule has 0 aliphatic heterocycles. The molecule has 0 saturated carbocycles. The number of nitrogens with one attached hydrogen (secondary N) is 1. The highest BCUT2D eigenvalue weighted by Gasteiger charge is 2.19. The number of hydrogen-bond donors (Lipinski definition) is 1. The predicted octanol–water partition coefficient (Wildman–Crippen LogP) is 3.13. The van der Waals surface area contributed by atoms with Crippen molar-refractivity contribution in [2.75, 3.05) is 11.1 Å². The van der Waals surface area contributed by atoms with E-state index in [4.69, 9.17) is 10.00 Å². The van der Waals surface area contributed by atoms with Gasteiger partial charge in [0.1, 0.15) is 6.07 Å². The van der Waals surface area contributed by atoms with Crippen LogP contribution in [0.4, 0.5) is 11.4 Å². The number of nitriles is 1. The molecule has 9 heteroatoms. The van der Waals surface area contributed by atoms with Crippen LogP contribution in [0.25, 0.3) is 0 Å². The Morgan fingerprint density at radius 2 is 1.93 bits per heavy atom. The van der Waals surface area contributed by atoms with Crippen LogP contribution in [0.3, 0.4) is 0 Å². The molecule has 0 radical (unpaired) electrons. The van der Waals surface area contributed by atoms with Crippen molar-refractivity contribution in [3.8, 4) is 6.07 Å². The van der Waals surface area contributed by atoms with Crippen molar-refractivity contribution in [2.45, 2.75) is 17.9 Å². The topological polar surface area (TPSA) is 122 Å². The van der Waals surface area contributed by atoms with Crippen LogP contribution in [-0.4, -0.2) is 28.7 Å². The van der Waals surface area contributed by atoms with E-state index >= 15 is 0 Å². The van der Waals surface area contributed by atoms with Crippen LogP contribution in [0.1, 0.15) is 12.5 Å². The maximum Gasteiger partial charge on any atom is 0.317 e. The number of thioether (sulfide) groups is 1. The molecule has 0 spiro atoms. The SMILES string of the molecule is C[C@H](OC(=O)CSc1ccc([N+](=O)[O-])cc1)C(=O)Nc1ccccc1C#N. The lowest BCUT2D eigenvalue weighted by Crippen LogP contribution is -2.30. The molecule has 0 bridgehead atoms. The molecule has 2 aromatic rings. The lowest BCUT2D eigenvalue weighted by molar-refractivity contribution is -0.384. The summed E-state index contributed by atoms with van der Waals surface area (Å²) in [5, 5.41) is 22.2. The van der Waals surface area contributed by atoms with Crippen molar-refractivity contribution >= 4 is 35.0 Å². The number of carbonyl (C=O) groups is 2. The number of rotatable bonds is 7. The molecule has 1 amide bonds. The first-order valence-electron chi connectivity index (χ1n) is 7.77. The van der Waals surface area contributed by atoms with Crippen LogP contribution in [0.2, 0.25) is 0 Å². The zero-order valence-corrected chi connectivity index (χ0v) is 15.1. The summed E-state index contributed by atoms with van der Waals surface area (Å²) >= 11 is 1.14. The molecular formula is C18H15N3O5S. The van der Waals surface area contributed by atoms with Crippen LogP contribution in [0, 0.1) is 21.4 Å². The first kappa shape index (κ1) is 19.9. The quantitative estimate of drug-likeness (QED) is 0.336. The number of nitrogens with zero attached hydrogens (tertiary/aromatic N) is 2. The van der Waals surface area contributed by atoms with E-state index in [1.54, 1.807) is 24.3 Å². The van der Waals surface area contributed by atoms with Crippen molar-refractivity contribution in [3.05, 3.63) is 64.2 Å². The minimum Gasteiger partial charge on any atom is -0.452 e. The fraction of sp³-hybridized carbons (Fsp3) is 0.167. The number of hydrogen-bond acceptors (Lipinski definition) is 7. The van der Waals surface area contributed by atoms with Crippen molar-refractivity contribution in [3.63, 3.8) is 0 Å². The molecule has 27 heavy (non-hydrogen) atoms. The summed E-state index contributed by atoms with van der Waals surface area (Å²) in [5.41, 5.74) is 0.608. The lowest BCUT2D eigenvalue weighted by atomic mass is 10.2. The Morgan fingerprint density at radius 1 is 1.26 bits per heavy atom. The Morgan fingerprint density at radius 3 is 2.56 bits per heavy atom. The summed E-state index contributed by atoms with van der Waals surface area (Å²) in [6, 6.07) is 14.2. The normalized spacial score (nSPS) is 11.1. The van der Waals surface area contributed by atoms with Crippen molar-refractivity contribution < 1.29 is 19.2 Å². The van der Waals surface area contributed by atoms with E-state index in [1.807, 2.05) is 6.07 Å². The molecule has 0 aliphatic carbocycles. The molecule has 2 rings (SSSR count). The summed E-state index contributed by atoms with van der Waals surface area (Å²) in [6.07, 6.45) is -1.04. The Bertz CT molecular complexity index is 893. The van der Waals surface area contributed by atoms with Gasteiger partial charge < -0.3 is 10.1 Å². The second-order valence-corrected chi connectivity index (χ2v) is 6.37. The third-order valence-electron chi connectivity index (χ3n) is 3.39. The van der Waals surface area contributed by atoms with E-state index < -0.39 is 22.9 Å². The Balaban J connectivity index is 1.84. The number of non-ortho nitro benzene ring substituents is 1. The van der Waals surface area contributed by atoms with Gasteiger partial charge >= 0.3 is 5.97 Å². The van der Waals surface area contributed by atoms with Gasteiger partial charge in [0.15, 0.2) is 6.10 Å². The molecule has 0 fully saturated rings. The van der Waals surface area contributed by atoms with Crippen LogP contribution in [0.15, 0.2) is 53.4 Å². The number of carbonyl (C=O) groups excluding carboxylic acids is 2. The Labute approximate surface area is 159 Å². The average molecular weight is 385 g/mol. The number of para-hydroxylation sites is 1. The van der Waals surface area contributed by atoms with Crippen molar-refractivity contribution in [1.82, 2.24) is 0 Å². The highest BCUT2D eigenvalue weighted by atomic mass is 32.2. The second kappa shape index (κ2) is 9.35. The standard InChI is InChI=1S/C18H15N3O5S/c1-12(18(23)20-16-5-3-2-4-13(16)10-19)26-17(22)11-27-15-8-6-14(7-9-15)21(24)25/h2-9,12H,11H2,1H3,(H,20,23)/t12-/m0/s1. The monoisotopic (exact) mass is 385 g/mol. The summed E-state index contributed by atoms with van der Waals surface area (Å²) in [6.45, 7) is 1.43. The summed E-state index contributed by atoms with van der Waals surface area (Å²) in [5.74, 6) is -1.20. The van der Waals surface area contributed by atoms with E-state index in [0.29, 0.717) is 16.1 Å². The van der Waals surface area contributed by atoms with Gasteiger partial charge in [0.25, 0.3) is 11.6 Å². The number of anilines is 1. The number of esters is 1. The van der Waals surface area contributed by atoms with E-state index in [9.17, 15) is 19.7 Å². The molecule has 1 atom stereocenters. The molecule has 138 valence electrons. The van der Waals surface area contributed by atoms with Gasteiger partial charge in [-0.05, 0) is 31.2 Å². The third kappa shape index (κ3) is 5.83. The van der Waals surface area contributed by atoms with Crippen LogP contribution < -0.4 is 5.32 Å². The zero-order chi connectivity index (χ0) is 19.8. The van der Waals surface area contributed by atoms with Gasteiger partial charge in [-0.15, -0.1) is 11.8 Å². The van der Waals surface area contributed by atoms with Gasteiger partial charge in [-0.25, -0.2) is 0 Å². The number of nitro groups is 1. The van der Waals surface area contributed by atoms with Gasteiger partial charge in [-0.2, -0.15) is 5.26 Å². The van der Waals surface area contributed by atoms with Crippen LogP contribution in [-0.2, 0) is 14.3 Å². The predicted molar refractivity (Wildman–Crippen MR) is 99.2 cm³/mol. The molecule has 0 heterocycles. The highest BCUT2D eigenvalue weighted by Crippen LogP contribution is 2.21. The number of nitro benzene ring substituents is 1. The lowest BCUT2D eigenvalue weighted by Gasteiger charge is -2.14. The Hall–Kier alpha value is -3.38. The number of ether oxygens (including phenoxy) is 1. The van der Waals surface area contributed by atoms with E-state index in [2.05, 4.69) is 5.32 Å². The zero-order valence-electron chi connectivity index (χ0n) is 14.2. The summed E-state index contributed by atoms with van der Waals surface area (Å²) in [4.78, 5) is 34.8. The first-order valence-corrected chi connectivity index (χ1v) is 8.76. The molecule has 8 nitrogen and oxygen atoms in total. The van der Waals surface area contributed by atoms with Crippen LogP contribution >= 0.6 is 11.8 Å². The molecular weight excluding hydrogens is 370 g/mol. The first-order chi connectivity index (χ1) is 12.9. The number of benzene rings is 2. The van der Waals surface area contributed by atoms with Gasteiger partial charge in [-0.1, -0.05) is 12.1 Å². The Kier molecular flexibility index (Phi) is 6.91. The van der Waals surface area contributed by atoms with Crippen molar-refractivity contribution in [2.24, 2.45) is 0 Å². The third-order valence-corrected chi connectivity index (χ3v) is 4.37. The smallest absolute Gasteiger partial charge is 0.317 e. The highest BCUT2D eigenvalue weighted by molar-refractivity contribution is 8.00. The van der Waals surface area contributed by atoms with Gasteiger partial charge in [0.05, 0.1) is 21.9 Å². The van der Waals surface area contributed by atoms with E-state index in [1.165, 1.54) is 31.2 Å². The maximum atomic E-state index is 12.1. The van der Waals surface area contributed by atoms with Crippen molar-refractivity contribution in [1.29, 1.82) is 5.26 Å². The fourth-order valence-electron chi connectivity index (χ4n) is 2.02. The molecule has 0 unspecified atom stereocenters. The minimum absolute atomic E-state index is 0.0372. The molecule has 2 aromatic carbocycles. The van der Waals surface area contributed by atoms with Gasteiger partial charge in [-0.3, -0.25) is 19.7 Å². The number of amides is 1. The molecule has 0 aromatic heterocycles. The largest absolute Gasteiger partial charge is 0.452 e. The van der Waals surface area contributed by atoms with Crippen LogP contribution in [0.5, 0.6) is 0 Å². The maximum absolute atomic E-state index is 12.1. The molecule has 0 aliphatic rings. The molecule has 0 saturated heterocycles.